The van der Waals surface area contributed by atoms with Gasteiger partial charge in [0.2, 0.25) is 5.95 Å². The van der Waals surface area contributed by atoms with E-state index in [9.17, 15) is 18.3 Å². The summed E-state index contributed by atoms with van der Waals surface area (Å²) in [4.78, 5) is 20.8. The fourth-order valence-electron chi connectivity index (χ4n) is 3.28. The largest absolute Gasteiger partial charge is 0.507 e. The number of sulfonamides is 1. The van der Waals surface area contributed by atoms with E-state index in [0.29, 0.717) is 17.1 Å². The number of nitrogens with zero attached hydrogens (tertiary/aromatic N) is 2. The van der Waals surface area contributed by atoms with Gasteiger partial charge in [0.05, 0.1) is 10.5 Å². The number of hydrogen-bond acceptors (Lipinski definition) is 6. The molecule has 0 bridgehead atoms. The smallest absolute Gasteiger partial charge is 0.264 e. The average Bonchev–Trinajstić information content (AvgIpc) is 2.72. The number of phenols is 1. The van der Waals surface area contributed by atoms with Gasteiger partial charge < -0.3 is 10.4 Å². The summed E-state index contributed by atoms with van der Waals surface area (Å²) in [6, 6.07) is 17.9. The molecule has 9 heteroatoms. The molecule has 0 unspecified atom stereocenters. The number of aryl methyl sites for hydroxylation is 2. The molecule has 0 radical (unpaired) electrons. The predicted molar refractivity (Wildman–Crippen MR) is 122 cm³/mol. The van der Waals surface area contributed by atoms with E-state index in [0.717, 1.165) is 10.8 Å². The monoisotopic (exact) mass is 448 g/mol. The van der Waals surface area contributed by atoms with E-state index in [4.69, 9.17) is 0 Å². The summed E-state index contributed by atoms with van der Waals surface area (Å²) in [6.07, 6.45) is 0. The Kier molecular flexibility index (Phi) is 5.50. The van der Waals surface area contributed by atoms with Crippen molar-refractivity contribution in [3.63, 3.8) is 0 Å². The van der Waals surface area contributed by atoms with Crippen LogP contribution in [0, 0.1) is 13.8 Å². The Labute approximate surface area is 185 Å². The first-order valence-corrected chi connectivity index (χ1v) is 11.2. The minimum absolute atomic E-state index is 0.00758. The Hall–Kier alpha value is -3.98. The molecule has 3 aromatic carbocycles. The van der Waals surface area contributed by atoms with Crippen molar-refractivity contribution in [2.45, 2.75) is 18.7 Å². The molecule has 8 nitrogen and oxygen atoms in total. The molecule has 3 N–H and O–H groups in total. The van der Waals surface area contributed by atoms with Crippen molar-refractivity contribution >= 4 is 38.3 Å². The lowest BCUT2D eigenvalue weighted by Gasteiger charge is -2.10. The van der Waals surface area contributed by atoms with Crippen LogP contribution in [0.15, 0.2) is 71.6 Å². The number of aromatic hydroxyl groups is 1. The standard InChI is InChI=1S/C23H20N4O4S/c1-14-11-15(2)25-23(24-14)27-32(30,31)19-9-7-18(8-10-19)26-22(29)20-12-16-5-3-4-6-17(16)13-21(20)28/h3-13,28H,1-2H3,(H,26,29)(H,24,25,27). The molecule has 162 valence electrons. The number of anilines is 2. The van der Waals surface area contributed by atoms with Gasteiger partial charge in [-0.3, -0.25) is 4.79 Å². The number of phenolic OH excluding ortho intramolecular Hbond substituents is 1. The lowest BCUT2D eigenvalue weighted by molar-refractivity contribution is 0.102. The molecule has 0 atom stereocenters. The first kappa shape index (κ1) is 21.3. The number of benzene rings is 3. The average molecular weight is 449 g/mol. The van der Waals surface area contributed by atoms with Gasteiger partial charge in [0, 0.05) is 17.1 Å². The number of carbonyl (C=O) groups excluding carboxylic acids is 1. The molecule has 0 aliphatic carbocycles. The molecule has 1 heterocycles. The summed E-state index contributed by atoms with van der Waals surface area (Å²) in [7, 11) is -3.90. The number of aromatic nitrogens is 2. The Morgan fingerprint density at radius 1 is 0.875 bits per heavy atom. The van der Waals surface area contributed by atoms with Crippen molar-refractivity contribution in [1.82, 2.24) is 9.97 Å². The lowest BCUT2D eigenvalue weighted by atomic mass is 10.1. The maximum Gasteiger partial charge on any atom is 0.264 e. The highest BCUT2D eigenvalue weighted by Crippen LogP contribution is 2.26. The Bertz CT molecular complexity index is 1410. The summed E-state index contributed by atoms with van der Waals surface area (Å²) >= 11 is 0. The first-order chi connectivity index (χ1) is 15.2. The van der Waals surface area contributed by atoms with E-state index in [1.54, 1.807) is 26.0 Å². The minimum atomic E-state index is -3.90. The molecule has 0 spiro atoms. The Balaban J connectivity index is 1.52. The topological polar surface area (TPSA) is 121 Å². The molecular weight excluding hydrogens is 428 g/mol. The van der Waals surface area contributed by atoms with Crippen molar-refractivity contribution in [2.75, 3.05) is 10.0 Å². The van der Waals surface area contributed by atoms with Gasteiger partial charge in [-0.2, -0.15) is 0 Å². The zero-order valence-electron chi connectivity index (χ0n) is 17.3. The van der Waals surface area contributed by atoms with Crippen LogP contribution in [0.25, 0.3) is 10.8 Å². The highest BCUT2D eigenvalue weighted by Gasteiger charge is 2.17. The maximum atomic E-state index is 12.6. The third-order valence-corrected chi connectivity index (χ3v) is 6.08. The van der Waals surface area contributed by atoms with Crippen molar-refractivity contribution in [3.8, 4) is 5.75 Å². The molecular formula is C23H20N4O4S. The van der Waals surface area contributed by atoms with Crippen molar-refractivity contribution in [3.05, 3.63) is 83.7 Å². The molecule has 1 amide bonds. The van der Waals surface area contributed by atoms with E-state index >= 15 is 0 Å². The van der Waals surface area contributed by atoms with Crippen LogP contribution in [-0.4, -0.2) is 29.4 Å². The van der Waals surface area contributed by atoms with Gasteiger partial charge in [0.15, 0.2) is 0 Å². The summed E-state index contributed by atoms with van der Waals surface area (Å²) < 4.78 is 27.6. The third-order valence-electron chi connectivity index (χ3n) is 4.74. The number of hydrogen-bond donors (Lipinski definition) is 3. The van der Waals surface area contributed by atoms with Gasteiger partial charge in [0.1, 0.15) is 5.75 Å². The Morgan fingerprint density at radius 2 is 1.47 bits per heavy atom. The highest BCUT2D eigenvalue weighted by molar-refractivity contribution is 7.92. The zero-order valence-corrected chi connectivity index (χ0v) is 18.1. The van der Waals surface area contributed by atoms with Crippen molar-refractivity contribution in [2.24, 2.45) is 0 Å². The predicted octanol–water partition coefficient (Wildman–Crippen LogP) is 4.01. The number of carbonyl (C=O) groups is 1. The van der Waals surface area contributed by atoms with Crippen LogP contribution in [0.4, 0.5) is 11.6 Å². The van der Waals surface area contributed by atoms with Crippen LogP contribution in [0.2, 0.25) is 0 Å². The van der Waals surface area contributed by atoms with Gasteiger partial charge in [-0.05, 0) is 67.1 Å². The van der Waals surface area contributed by atoms with Gasteiger partial charge in [0.25, 0.3) is 15.9 Å². The second-order valence-corrected chi connectivity index (χ2v) is 8.96. The summed E-state index contributed by atoms with van der Waals surface area (Å²) in [5.41, 5.74) is 1.79. The van der Waals surface area contributed by atoms with Crippen molar-refractivity contribution in [1.29, 1.82) is 0 Å². The number of rotatable bonds is 5. The summed E-state index contributed by atoms with van der Waals surface area (Å²) in [5.74, 6) is -0.657. The zero-order chi connectivity index (χ0) is 22.9. The molecule has 0 saturated heterocycles. The molecule has 1 aromatic heterocycles. The second-order valence-electron chi connectivity index (χ2n) is 7.27. The number of fused-ring (bicyclic) bond motifs is 1. The van der Waals surface area contributed by atoms with E-state index < -0.39 is 15.9 Å². The lowest BCUT2D eigenvalue weighted by Crippen LogP contribution is -2.16. The molecule has 0 saturated carbocycles. The van der Waals surface area contributed by atoms with Crippen LogP contribution in [0.3, 0.4) is 0 Å². The maximum absolute atomic E-state index is 12.6. The fraction of sp³-hybridized carbons (Fsp3) is 0.0870. The highest BCUT2D eigenvalue weighted by atomic mass is 32.2. The van der Waals surface area contributed by atoms with Crippen molar-refractivity contribution < 1.29 is 18.3 Å². The van der Waals surface area contributed by atoms with Crippen LogP contribution in [0.1, 0.15) is 21.7 Å². The van der Waals surface area contributed by atoms with Crippen LogP contribution in [-0.2, 0) is 10.0 Å². The summed E-state index contributed by atoms with van der Waals surface area (Å²) in [5, 5.41) is 14.5. The first-order valence-electron chi connectivity index (χ1n) is 9.69. The summed E-state index contributed by atoms with van der Waals surface area (Å²) in [6.45, 7) is 3.49. The van der Waals surface area contributed by atoms with Crippen LogP contribution >= 0.6 is 0 Å². The van der Waals surface area contributed by atoms with Crippen LogP contribution in [0.5, 0.6) is 5.75 Å². The molecule has 0 fully saturated rings. The van der Waals surface area contributed by atoms with E-state index in [1.807, 2.05) is 24.3 Å². The molecule has 0 aliphatic rings. The SMILES string of the molecule is Cc1cc(C)nc(NS(=O)(=O)c2ccc(NC(=O)c3cc4ccccc4cc3O)cc2)n1. The van der Waals surface area contributed by atoms with Gasteiger partial charge >= 0.3 is 0 Å². The molecule has 4 aromatic rings. The third kappa shape index (κ3) is 4.52. The van der Waals surface area contributed by atoms with E-state index in [2.05, 4.69) is 20.0 Å². The molecule has 0 aliphatic heterocycles. The number of amides is 1. The molecule has 32 heavy (non-hydrogen) atoms. The fourth-order valence-corrected chi connectivity index (χ4v) is 4.22. The minimum Gasteiger partial charge on any atom is -0.507 e. The van der Waals surface area contributed by atoms with Crippen LogP contribution < -0.4 is 10.0 Å². The van der Waals surface area contributed by atoms with Gasteiger partial charge in [-0.1, -0.05) is 24.3 Å². The van der Waals surface area contributed by atoms with E-state index in [1.165, 1.54) is 30.3 Å². The molecule has 4 rings (SSSR count). The second kappa shape index (κ2) is 8.27. The number of nitrogens with one attached hydrogen (secondary N) is 2. The normalized spacial score (nSPS) is 11.3. The van der Waals surface area contributed by atoms with E-state index in [-0.39, 0.29) is 22.2 Å². The Morgan fingerprint density at radius 3 is 2.09 bits per heavy atom. The quantitative estimate of drug-likeness (QED) is 0.424. The van der Waals surface area contributed by atoms with Gasteiger partial charge in [-0.15, -0.1) is 0 Å². The van der Waals surface area contributed by atoms with Gasteiger partial charge in [-0.25, -0.2) is 23.1 Å².